The summed E-state index contributed by atoms with van der Waals surface area (Å²) in [6.07, 6.45) is 0. The number of hydrogen-bond acceptors (Lipinski definition) is 4. The van der Waals surface area contributed by atoms with Gasteiger partial charge in [-0.25, -0.2) is 0 Å². The zero-order valence-corrected chi connectivity index (χ0v) is 13.3. The number of H-pyrrole nitrogens is 2. The molecule has 0 unspecified atom stereocenters. The van der Waals surface area contributed by atoms with Crippen LogP contribution in [0.4, 0.5) is 0 Å². The van der Waals surface area contributed by atoms with E-state index >= 15 is 0 Å². The third-order valence-electron chi connectivity index (χ3n) is 3.22. The number of nitrogens with zero attached hydrogens (tertiary/aromatic N) is 1. The van der Waals surface area contributed by atoms with E-state index in [1.54, 1.807) is 0 Å². The highest BCUT2D eigenvalue weighted by Gasteiger charge is 2.11. The molecule has 1 aromatic carbocycles. The van der Waals surface area contributed by atoms with Gasteiger partial charge in [0.2, 0.25) is 0 Å². The van der Waals surface area contributed by atoms with E-state index in [9.17, 15) is 4.79 Å². The fourth-order valence-corrected chi connectivity index (χ4v) is 3.52. The van der Waals surface area contributed by atoms with Gasteiger partial charge in [0.1, 0.15) is 10.3 Å². The zero-order valence-electron chi connectivity index (χ0n) is 10.8. The van der Waals surface area contributed by atoms with Crippen molar-refractivity contribution < 1.29 is 0 Å². The first kappa shape index (κ1) is 13.4. The van der Waals surface area contributed by atoms with Crippen LogP contribution in [-0.2, 0) is 0 Å². The molecular weight excluding hydrogens is 310 g/mol. The number of rotatable bonds is 1. The van der Waals surface area contributed by atoms with Gasteiger partial charge in [0, 0.05) is 5.69 Å². The standard InChI is InChI=1S/C13H11N3OS3/c1-6-3-4-8(5-7(6)2)16-10-9(20-13(16)19)11(17)15-12(18)14-10/h3-5H,1-2H3,(H2,14,15,17,18). The predicted molar refractivity (Wildman–Crippen MR) is 87.3 cm³/mol. The molecule has 3 rings (SSSR count). The van der Waals surface area contributed by atoms with Crippen LogP contribution in [0.3, 0.4) is 0 Å². The second-order valence-corrected chi connectivity index (χ2v) is 6.61. The molecule has 102 valence electrons. The summed E-state index contributed by atoms with van der Waals surface area (Å²) in [5.74, 6) is 0. The molecule has 0 aliphatic rings. The Labute approximate surface area is 128 Å². The summed E-state index contributed by atoms with van der Waals surface area (Å²) in [7, 11) is 0. The summed E-state index contributed by atoms with van der Waals surface area (Å²) in [6, 6.07) is 6.08. The van der Waals surface area contributed by atoms with Crippen molar-refractivity contribution in [2.45, 2.75) is 13.8 Å². The molecule has 2 aromatic heterocycles. The first-order valence-electron chi connectivity index (χ1n) is 5.93. The second kappa shape index (κ2) is 4.76. The van der Waals surface area contributed by atoms with Crippen molar-refractivity contribution >= 4 is 46.1 Å². The van der Waals surface area contributed by atoms with E-state index in [1.165, 1.54) is 22.5 Å². The highest BCUT2D eigenvalue weighted by Crippen LogP contribution is 2.23. The lowest BCUT2D eigenvalue weighted by Gasteiger charge is -2.07. The molecule has 0 spiro atoms. The van der Waals surface area contributed by atoms with E-state index in [0.29, 0.717) is 19.1 Å². The van der Waals surface area contributed by atoms with E-state index in [0.717, 1.165) is 5.69 Å². The lowest BCUT2D eigenvalue weighted by molar-refractivity contribution is 1.04. The van der Waals surface area contributed by atoms with Crippen molar-refractivity contribution in [3.05, 3.63) is 48.4 Å². The van der Waals surface area contributed by atoms with Gasteiger partial charge in [-0.3, -0.25) is 14.3 Å². The Kier molecular flexibility index (Phi) is 3.19. The van der Waals surface area contributed by atoms with E-state index in [1.807, 2.05) is 23.6 Å². The zero-order chi connectivity index (χ0) is 14.4. The average Bonchev–Trinajstić information content (AvgIpc) is 2.70. The molecule has 4 nitrogen and oxygen atoms in total. The third kappa shape index (κ3) is 2.07. The molecule has 3 aromatic rings. The number of aromatic nitrogens is 3. The highest BCUT2D eigenvalue weighted by atomic mass is 32.1. The number of fused-ring (bicyclic) bond motifs is 1. The van der Waals surface area contributed by atoms with Crippen molar-refractivity contribution in [3.63, 3.8) is 0 Å². The van der Waals surface area contributed by atoms with Crippen LogP contribution in [0.25, 0.3) is 16.0 Å². The molecule has 0 bridgehead atoms. The molecule has 0 saturated carbocycles. The van der Waals surface area contributed by atoms with Crippen LogP contribution < -0.4 is 5.56 Å². The summed E-state index contributed by atoms with van der Waals surface area (Å²) in [4.78, 5) is 17.5. The quantitative estimate of drug-likeness (QED) is 0.671. The average molecular weight is 321 g/mol. The fraction of sp³-hybridized carbons (Fsp3) is 0.154. The highest BCUT2D eigenvalue weighted by molar-refractivity contribution is 7.73. The number of thiazole rings is 1. The predicted octanol–water partition coefficient (Wildman–Crippen LogP) is 3.78. The van der Waals surface area contributed by atoms with Gasteiger partial charge in [-0.2, -0.15) is 0 Å². The van der Waals surface area contributed by atoms with Crippen LogP contribution in [0.2, 0.25) is 0 Å². The van der Waals surface area contributed by atoms with E-state index in [2.05, 4.69) is 23.0 Å². The normalized spacial score (nSPS) is 11.1. The van der Waals surface area contributed by atoms with Crippen LogP contribution >= 0.6 is 35.8 Å². The summed E-state index contributed by atoms with van der Waals surface area (Å²) in [5.41, 5.74) is 3.76. The monoisotopic (exact) mass is 321 g/mol. The van der Waals surface area contributed by atoms with Crippen LogP contribution in [0, 0.1) is 22.6 Å². The van der Waals surface area contributed by atoms with Crippen LogP contribution in [0.1, 0.15) is 11.1 Å². The van der Waals surface area contributed by atoms with Crippen molar-refractivity contribution in [2.24, 2.45) is 0 Å². The lowest BCUT2D eigenvalue weighted by atomic mass is 10.1. The molecule has 0 amide bonds. The van der Waals surface area contributed by atoms with Crippen molar-refractivity contribution in [1.29, 1.82) is 0 Å². The van der Waals surface area contributed by atoms with Gasteiger partial charge in [0.05, 0.1) is 0 Å². The lowest BCUT2D eigenvalue weighted by Crippen LogP contribution is -2.07. The van der Waals surface area contributed by atoms with Crippen LogP contribution in [0.15, 0.2) is 23.0 Å². The van der Waals surface area contributed by atoms with Gasteiger partial charge in [-0.1, -0.05) is 17.4 Å². The number of benzene rings is 1. The first-order chi connectivity index (χ1) is 9.47. The third-order valence-corrected chi connectivity index (χ3v) is 4.80. The minimum absolute atomic E-state index is 0.206. The van der Waals surface area contributed by atoms with Gasteiger partial charge in [-0.15, -0.1) is 0 Å². The van der Waals surface area contributed by atoms with Gasteiger partial charge >= 0.3 is 0 Å². The fourth-order valence-electron chi connectivity index (χ4n) is 2.04. The van der Waals surface area contributed by atoms with Gasteiger partial charge in [0.25, 0.3) is 5.56 Å². The van der Waals surface area contributed by atoms with Gasteiger partial charge in [0.15, 0.2) is 8.73 Å². The smallest absolute Gasteiger partial charge is 0.271 e. The van der Waals surface area contributed by atoms with Crippen molar-refractivity contribution in [3.8, 4) is 5.69 Å². The first-order valence-corrected chi connectivity index (χ1v) is 7.56. The molecule has 0 atom stereocenters. The molecule has 7 heteroatoms. The molecule has 0 saturated heterocycles. The Morgan fingerprint density at radius 3 is 2.60 bits per heavy atom. The van der Waals surface area contributed by atoms with Crippen LogP contribution in [-0.4, -0.2) is 14.5 Å². The number of nitrogens with one attached hydrogen (secondary N) is 2. The molecule has 0 radical (unpaired) electrons. The Bertz CT molecular complexity index is 990. The number of aromatic amines is 2. The maximum absolute atomic E-state index is 11.9. The summed E-state index contributed by atoms with van der Waals surface area (Å²) >= 11 is 11.7. The van der Waals surface area contributed by atoms with E-state index in [4.69, 9.17) is 24.4 Å². The Balaban J connectivity index is 2.44. The summed E-state index contributed by atoms with van der Waals surface area (Å²) < 4.78 is 3.33. The van der Waals surface area contributed by atoms with E-state index in [-0.39, 0.29) is 5.56 Å². The second-order valence-electron chi connectivity index (χ2n) is 4.56. The van der Waals surface area contributed by atoms with Crippen molar-refractivity contribution in [1.82, 2.24) is 14.5 Å². The minimum Gasteiger partial charge on any atom is -0.317 e. The minimum atomic E-state index is -0.206. The SMILES string of the molecule is Cc1ccc(-n2c(=S)sc3c(=O)[nH]c(=S)[nH]c32)cc1C. The topological polar surface area (TPSA) is 53.6 Å². The number of aryl methyl sites for hydroxylation is 2. The Hall–Kier alpha value is -1.57. The number of hydrogen-bond donors (Lipinski definition) is 2. The van der Waals surface area contributed by atoms with Gasteiger partial charge in [-0.05, 0) is 61.5 Å². The molecule has 20 heavy (non-hydrogen) atoms. The molecule has 0 fully saturated rings. The largest absolute Gasteiger partial charge is 0.317 e. The summed E-state index contributed by atoms with van der Waals surface area (Å²) in [6.45, 7) is 4.11. The Morgan fingerprint density at radius 1 is 1.15 bits per heavy atom. The molecule has 2 N–H and O–H groups in total. The van der Waals surface area contributed by atoms with E-state index < -0.39 is 0 Å². The summed E-state index contributed by atoms with van der Waals surface area (Å²) in [5, 5.41) is 0. The molecule has 0 aliphatic carbocycles. The maximum Gasteiger partial charge on any atom is 0.271 e. The molecule has 2 heterocycles. The molecule has 0 aliphatic heterocycles. The molecular formula is C13H11N3OS3. The van der Waals surface area contributed by atoms with Crippen LogP contribution in [0.5, 0.6) is 0 Å². The Morgan fingerprint density at radius 2 is 1.90 bits per heavy atom. The van der Waals surface area contributed by atoms with Crippen molar-refractivity contribution in [2.75, 3.05) is 0 Å². The maximum atomic E-state index is 11.9. The van der Waals surface area contributed by atoms with Gasteiger partial charge < -0.3 is 4.98 Å².